The highest BCUT2D eigenvalue weighted by Gasteiger charge is 2.31. The molecule has 0 fully saturated rings. The third kappa shape index (κ3) is 4.66. The third-order valence-electron chi connectivity index (χ3n) is 3.20. The van der Waals surface area contributed by atoms with Crippen molar-refractivity contribution >= 4 is 34.9 Å². The van der Waals surface area contributed by atoms with Gasteiger partial charge in [0.2, 0.25) is 0 Å². The molecule has 130 valence electrons. The molecule has 1 aliphatic rings. The molecule has 2 amide bonds. The summed E-state index contributed by atoms with van der Waals surface area (Å²) in [5, 5.41) is 3.64. The van der Waals surface area contributed by atoms with Crippen molar-refractivity contribution < 1.29 is 22.7 Å². The quantitative estimate of drug-likeness (QED) is 0.732. The fourth-order valence-corrected chi connectivity index (χ4v) is 2.36. The molecule has 0 heterocycles. The molecule has 1 aromatic rings. The zero-order chi connectivity index (χ0) is 18.0. The maximum atomic E-state index is 12.7. The van der Waals surface area contributed by atoms with Gasteiger partial charge in [-0.05, 0) is 30.4 Å². The Bertz CT molecular complexity index is 704. The van der Waals surface area contributed by atoms with Crippen LogP contribution < -0.4 is 10.6 Å². The largest absolute Gasteiger partial charge is 0.416 e. The van der Waals surface area contributed by atoms with Gasteiger partial charge >= 0.3 is 12.2 Å². The van der Waals surface area contributed by atoms with Crippen molar-refractivity contribution in [3.8, 4) is 0 Å². The SMILES string of the molecule is COC1(Cl)C=C(NC(=O)Nc2cc(C(F)(F)F)ccc2Cl)C=CC1. The topological polar surface area (TPSA) is 50.4 Å². The van der Waals surface area contributed by atoms with Crippen LogP contribution >= 0.6 is 23.2 Å². The van der Waals surface area contributed by atoms with Crippen LogP contribution in [0.2, 0.25) is 5.02 Å². The molecule has 1 aromatic carbocycles. The number of hydrogen-bond acceptors (Lipinski definition) is 2. The van der Waals surface area contributed by atoms with Crippen LogP contribution in [-0.2, 0) is 10.9 Å². The van der Waals surface area contributed by atoms with Crippen molar-refractivity contribution in [2.75, 3.05) is 12.4 Å². The van der Waals surface area contributed by atoms with E-state index in [1.807, 2.05) is 0 Å². The molecule has 0 saturated heterocycles. The average molecular weight is 381 g/mol. The number of benzene rings is 1. The van der Waals surface area contributed by atoms with Gasteiger partial charge in [-0.3, -0.25) is 0 Å². The number of anilines is 1. The highest BCUT2D eigenvalue weighted by molar-refractivity contribution is 6.33. The van der Waals surface area contributed by atoms with Gasteiger partial charge in [-0.1, -0.05) is 29.3 Å². The fraction of sp³-hybridized carbons (Fsp3) is 0.267. The predicted molar refractivity (Wildman–Crippen MR) is 86.0 cm³/mol. The number of carbonyl (C=O) groups excluding carboxylic acids is 1. The van der Waals surface area contributed by atoms with E-state index >= 15 is 0 Å². The molecule has 0 aromatic heterocycles. The number of amides is 2. The number of rotatable bonds is 3. The van der Waals surface area contributed by atoms with Gasteiger partial charge in [-0.25, -0.2) is 4.79 Å². The van der Waals surface area contributed by atoms with Crippen LogP contribution in [0.4, 0.5) is 23.7 Å². The Morgan fingerprint density at radius 3 is 2.67 bits per heavy atom. The lowest BCUT2D eigenvalue weighted by atomic mass is 10.1. The van der Waals surface area contributed by atoms with Crippen molar-refractivity contribution in [3.05, 3.63) is 52.7 Å². The first-order chi connectivity index (χ1) is 11.1. The first-order valence-electron chi connectivity index (χ1n) is 6.71. The number of alkyl halides is 4. The Balaban J connectivity index is 2.12. The number of allylic oxidation sites excluding steroid dienone is 1. The fourth-order valence-electron chi connectivity index (χ4n) is 1.99. The van der Waals surface area contributed by atoms with E-state index in [-0.39, 0.29) is 10.7 Å². The van der Waals surface area contributed by atoms with Crippen molar-refractivity contribution in [2.45, 2.75) is 17.7 Å². The summed E-state index contributed by atoms with van der Waals surface area (Å²) in [7, 11) is 1.42. The Labute approximate surface area is 146 Å². The van der Waals surface area contributed by atoms with E-state index in [1.54, 1.807) is 12.2 Å². The molecule has 2 N–H and O–H groups in total. The van der Waals surface area contributed by atoms with Crippen molar-refractivity contribution in [3.63, 3.8) is 0 Å². The van der Waals surface area contributed by atoms with Crippen LogP contribution in [0.1, 0.15) is 12.0 Å². The number of hydrogen-bond donors (Lipinski definition) is 2. The second-order valence-corrected chi connectivity index (χ2v) is 6.01. The molecule has 1 unspecified atom stereocenters. The molecule has 9 heteroatoms. The zero-order valence-electron chi connectivity index (χ0n) is 12.4. The molecule has 2 rings (SSSR count). The van der Waals surface area contributed by atoms with Gasteiger partial charge < -0.3 is 15.4 Å². The van der Waals surface area contributed by atoms with E-state index in [0.29, 0.717) is 12.1 Å². The van der Waals surface area contributed by atoms with Gasteiger partial charge in [0.05, 0.1) is 16.3 Å². The Morgan fingerprint density at radius 2 is 2.04 bits per heavy atom. The van der Waals surface area contributed by atoms with Crippen LogP contribution in [-0.4, -0.2) is 18.2 Å². The summed E-state index contributed by atoms with van der Waals surface area (Å²) < 4.78 is 43.2. The highest BCUT2D eigenvalue weighted by Crippen LogP contribution is 2.34. The second kappa shape index (κ2) is 7.04. The summed E-state index contributed by atoms with van der Waals surface area (Å²) in [6.07, 6.45) is 0.665. The number of methoxy groups -OCH3 is 1. The van der Waals surface area contributed by atoms with Crippen LogP contribution in [0.5, 0.6) is 0 Å². The standard InChI is InChI=1S/C15H13Cl2F3N2O2/c1-24-14(17)6-2-3-10(8-14)21-13(23)22-12-7-9(15(18,19)20)4-5-11(12)16/h2-5,7-8H,6H2,1H3,(H2,21,22,23). The number of urea groups is 1. The molecule has 0 aliphatic heterocycles. The summed E-state index contributed by atoms with van der Waals surface area (Å²) in [5.74, 6) is 0. The summed E-state index contributed by atoms with van der Waals surface area (Å²) in [6, 6.07) is 1.89. The maximum Gasteiger partial charge on any atom is 0.416 e. The molecule has 4 nitrogen and oxygen atoms in total. The first-order valence-corrected chi connectivity index (χ1v) is 7.47. The summed E-state index contributed by atoms with van der Waals surface area (Å²) in [6.45, 7) is 0. The normalized spacial score (nSPS) is 20.5. The Morgan fingerprint density at radius 1 is 1.33 bits per heavy atom. The average Bonchev–Trinajstić information content (AvgIpc) is 2.48. The van der Waals surface area contributed by atoms with Gasteiger partial charge in [-0.15, -0.1) is 0 Å². The summed E-state index contributed by atoms with van der Waals surface area (Å²) in [4.78, 5) is 12.0. The third-order valence-corrected chi connectivity index (χ3v) is 3.95. The predicted octanol–water partition coefficient (Wildman–Crippen LogP) is 4.91. The lowest BCUT2D eigenvalue weighted by molar-refractivity contribution is -0.137. The maximum absolute atomic E-state index is 12.7. The molecule has 24 heavy (non-hydrogen) atoms. The molecule has 0 bridgehead atoms. The minimum absolute atomic E-state index is 0.0186. The van der Waals surface area contributed by atoms with Gasteiger partial charge in [0.1, 0.15) is 0 Å². The molecular weight excluding hydrogens is 368 g/mol. The number of halogens is 5. The van der Waals surface area contributed by atoms with Crippen molar-refractivity contribution in [1.82, 2.24) is 5.32 Å². The molecular formula is C15H13Cl2F3N2O2. The lowest BCUT2D eigenvalue weighted by Crippen LogP contribution is -2.32. The van der Waals surface area contributed by atoms with Crippen LogP contribution in [0.3, 0.4) is 0 Å². The Hall–Kier alpha value is -1.70. The van der Waals surface area contributed by atoms with Crippen LogP contribution in [0, 0.1) is 0 Å². The van der Waals surface area contributed by atoms with E-state index in [2.05, 4.69) is 10.6 Å². The Kier molecular flexibility index (Phi) is 5.47. The molecule has 0 saturated carbocycles. The van der Waals surface area contributed by atoms with Crippen molar-refractivity contribution in [1.29, 1.82) is 0 Å². The monoisotopic (exact) mass is 380 g/mol. The van der Waals surface area contributed by atoms with Crippen LogP contribution in [0.15, 0.2) is 42.1 Å². The molecule has 1 atom stereocenters. The summed E-state index contributed by atoms with van der Waals surface area (Å²) >= 11 is 11.9. The number of carbonyl (C=O) groups is 1. The minimum Gasteiger partial charge on any atom is -0.359 e. The number of nitrogens with one attached hydrogen (secondary N) is 2. The lowest BCUT2D eigenvalue weighted by Gasteiger charge is -2.24. The molecule has 1 aliphatic carbocycles. The van der Waals surface area contributed by atoms with Gasteiger partial charge in [0.25, 0.3) is 0 Å². The highest BCUT2D eigenvalue weighted by atomic mass is 35.5. The first kappa shape index (κ1) is 18.6. The summed E-state index contributed by atoms with van der Waals surface area (Å²) in [5.41, 5.74) is -0.731. The molecule has 0 spiro atoms. The van der Waals surface area contributed by atoms with Crippen LogP contribution in [0.25, 0.3) is 0 Å². The molecule has 0 radical (unpaired) electrons. The van der Waals surface area contributed by atoms with Gasteiger partial charge in [-0.2, -0.15) is 13.2 Å². The zero-order valence-corrected chi connectivity index (χ0v) is 13.9. The van der Waals surface area contributed by atoms with E-state index in [1.165, 1.54) is 13.2 Å². The van der Waals surface area contributed by atoms with Gasteiger partial charge in [0.15, 0.2) is 5.06 Å². The van der Waals surface area contributed by atoms with E-state index in [4.69, 9.17) is 27.9 Å². The van der Waals surface area contributed by atoms with Gasteiger partial charge in [0, 0.05) is 19.2 Å². The van der Waals surface area contributed by atoms with E-state index in [9.17, 15) is 18.0 Å². The number of ether oxygens (including phenoxy) is 1. The smallest absolute Gasteiger partial charge is 0.359 e. The minimum atomic E-state index is -4.54. The second-order valence-electron chi connectivity index (χ2n) is 4.97. The van der Waals surface area contributed by atoms with E-state index in [0.717, 1.165) is 18.2 Å². The van der Waals surface area contributed by atoms with Crippen molar-refractivity contribution in [2.24, 2.45) is 0 Å². The van der Waals surface area contributed by atoms with E-state index < -0.39 is 22.8 Å².